The highest BCUT2D eigenvalue weighted by molar-refractivity contribution is 5.33. The molecular weight excluding hydrogens is 328 g/mol. The van der Waals surface area contributed by atoms with E-state index in [-0.39, 0.29) is 0 Å². The molecule has 26 heavy (non-hydrogen) atoms. The predicted molar refractivity (Wildman–Crippen MR) is 97.8 cm³/mol. The van der Waals surface area contributed by atoms with Gasteiger partial charge in [-0.05, 0) is 43.5 Å². The van der Waals surface area contributed by atoms with Gasteiger partial charge in [-0.15, -0.1) is 5.10 Å². The van der Waals surface area contributed by atoms with Crippen molar-refractivity contribution in [2.75, 3.05) is 13.1 Å². The number of piperidine rings is 1. The third-order valence-electron chi connectivity index (χ3n) is 5.00. The molecule has 7 heteroatoms. The fourth-order valence-corrected chi connectivity index (χ4v) is 3.44. The third-order valence-corrected chi connectivity index (χ3v) is 5.00. The molecule has 0 bridgehead atoms. The maximum absolute atomic E-state index is 9.59. The van der Waals surface area contributed by atoms with E-state index in [9.17, 15) is 5.11 Å². The molecule has 1 N–H and O–H groups in total. The molecule has 136 valence electrons. The van der Waals surface area contributed by atoms with Crippen molar-refractivity contribution in [2.45, 2.75) is 38.5 Å². The van der Waals surface area contributed by atoms with E-state index in [2.05, 4.69) is 44.6 Å². The lowest BCUT2D eigenvalue weighted by Crippen LogP contribution is -2.34. The number of hydrogen-bond acceptors (Lipinski definition) is 5. The Hall–Kier alpha value is -2.51. The van der Waals surface area contributed by atoms with Gasteiger partial charge in [0.05, 0.1) is 24.0 Å². The zero-order valence-corrected chi connectivity index (χ0v) is 14.9. The molecule has 2 aromatic heterocycles. The summed E-state index contributed by atoms with van der Waals surface area (Å²) in [5, 5.41) is 22.1. The summed E-state index contributed by atoms with van der Waals surface area (Å²) in [4.78, 5) is 2.48. The smallest absolute Gasteiger partial charge is 0.111 e. The Morgan fingerprint density at radius 3 is 2.58 bits per heavy atom. The van der Waals surface area contributed by atoms with Crippen molar-refractivity contribution in [3.63, 3.8) is 0 Å². The molecule has 0 saturated carbocycles. The van der Waals surface area contributed by atoms with Crippen molar-refractivity contribution in [3.8, 4) is 5.69 Å². The number of aliphatic hydroxyl groups excluding tert-OH is 1. The average molecular weight is 352 g/mol. The van der Waals surface area contributed by atoms with Gasteiger partial charge in [0.2, 0.25) is 0 Å². The number of rotatable bonds is 5. The Morgan fingerprint density at radius 1 is 1.19 bits per heavy atom. The van der Waals surface area contributed by atoms with Crippen molar-refractivity contribution in [1.29, 1.82) is 0 Å². The van der Waals surface area contributed by atoms with Crippen LogP contribution in [-0.4, -0.2) is 47.9 Å². The van der Waals surface area contributed by atoms with Crippen LogP contribution < -0.4 is 0 Å². The first-order valence-electron chi connectivity index (χ1n) is 9.10. The molecule has 1 saturated heterocycles. The monoisotopic (exact) mass is 352 g/mol. The maximum atomic E-state index is 9.59. The number of likely N-dealkylation sites (tertiary alicyclic amines) is 1. The van der Waals surface area contributed by atoms with Crippen LogP contribution in [0, 0.1) is 0 Å². The van der Waals surface area contributed by atoms with Crippen LogP contribution >= 0.6 is 0 Å². The van der Waals surface area contributed by atoms with Gasteiger partial charge in [0, 0.05) is 32.0 Å². The lowest BCUT2D eigenvalue weighted by Gasteiger charge is -2.31. The lowest BCUT2D eigenvalue weighted by atomic mass is 10.0. The van der Waals surface area contributed by atoms with Gasteiger partial charge in [0.25, 0.3) is 0 Å². The zero-order chi connectivity index (χ0) is 17.9. The first-order chi connectivity index (χ1) is 12.7. The van der Waals surface area contributed by atoms with E-state index in [1.807, 2.05) is 27.8 Å². The quantitative estimate of drug-likeness (QED) is 0.763. The van der Waals surface area contributed by atoms with Crippen LogP contribution in [0.15, 0.2) is 48.9 Å². The Labute approximate surface area is 152 Å². The average Bonchev–Trinajstić information content (AvgIpc) is 3.35. The summed E-state index contributed by atoms with van der Waals surface area (Å²) >= 11 is 0. The van der Waals surface area contributed by atoms with Gasteiger partial charge >= 0.3 is 0 Å². The van der Waals surface area contributed by atoms with Crippen LogP contribution in [0.3, 0.4) is 0 Å². The molecule has 4 rings (SSSR count). The van der Waals surface area contributed by atoms with E-state index in [0.29, 0.717) is 11.7 Å². The summed E-state index contributed by atoms with van der Waals surface area (Å²) in [5.41, 5.74) is 3.04. The van der Waals surface area contributed by atoms with Crippen molar-refractivity contribution in [3.05, 3.63) is 60.2 Å². The first-order valence-corrected chi connectivity index (χ1v) is 9.10. The van der Waals surface area contributed by atoms with Crippen LogP contribution in [-0.2, 0) is 6.54 Å². The topological polar surface area (TPSA) is 72.0 Å². The van der Waals surface area contributed by atoms with Gasteiger partial charge in [0.15, 0.2) is 0 Å². The van der Waals surface area contributed by atoms with Crippen molar-refractivity contribution < 1.29 is 5.11 Å². The van der Waals surface area contributed by atoms with Gasteiger partial charge < -0.3 is 5.11 Å². The van der Waals surface area contributed by atoms with Crippen LogP contribution in [0.2, 0.25) is 0 Å². The lowest BCUT2D eigenvalue weighted by molar-refractivity contribution is 0.172. The zero-order valence-electron chi connectivity index (χ0n) is 14.9. The first kappa shape index (κ1) is 16.9. The number of nitrogens with zero attached hydrogens (tertiary/aromatic N) is 6. The molecule has 3 heterocycles. The Bertz CT molecular complexity index is 816. The Morgan fingerprint density at radius 2 is 1.96 bits per heavy atom. The van der Waals surface area contributed by atoms with Crippen LogP contribution in [0.5, 0.6) is 0 Å². The van der Waals surface area contributed by atoms with E-state index in [0.717, 1.165) is 38.2 Å². The van der Waals surface area contributed by atoms with E-state index in [1.54, 1.807) is 13.1 Å². The highest BCUT2D eigenvalue weighted by Gasteiger charge is 2.22. The van der Waals surface area contributed by atoms with E-state index < -0.39 is 6.10 Å². The normalized spacial score (nSPS) is 17.5. The van der Waals surface area contributed by atoms with E-state index in [1.165, 1.54) is 5.56 Å². The number of aliphatic hydroxyl groups is 1. The van der Waals surface area contributed by atoms with Crippen molar-refractivity contribution >= 4 is 0 Å². The molecule has 1 aliphatic rings. The minimum atomic E-state index is -0.562. The second-order valence-corrected chi connectivity index (χ2v) is 6.92. The second kappa shape index (κ2) is 7.39. The largest absolute Gasteiger partial charge is 0.387 e. The van der Waals surface area contributed by atoms with Gasteiger partial charge in [-0.2, -0.15) is 5.10 Å². The minimum absolute atomic E-state index is 0.369. The molecule has 0 radical (unpaired) electrons. The van der Waals surface area contributed by atoms with Gasteiger partial charge in [-0.1, -0.05) is 17.3 Å². The molecule has 3 aromatic rings. The highest BCUT2D eigenvalue weighted by Crippen LogP contribution is 2.24. The van der Waals surface area contributed by atoms with Gasteiger partial charge in [-0.25, -0.2) is 9.36 Å². The molecule has 1 aromatic carbocycles. The van der Waals surface area contributed by atoms with Gasteiger partial charge in [0.1, 0.15) is 5.69 Å². The number of hydrogen-bond donors (Lipinski definition) is 1. The number of aromatic nitrogens is 5. The predicted octanol–water partition coefficient (Wildman–Crippen LogP) is 2.35. The molecule has 0 spiro atoms. The molecule has 1 unspecified atom stereocenters. The summed E-state index contributed by atoms with van der Waals surface area (Å²) in [6.07, 6.45) is 7.15. The van der Waals surface area contributed by atoms with Crippen LogP contribution in [0.1, 0.15) is 43.2 Å². The van der Waals surface area contributed by atoms with Crippen molar-refractivity contribution in [1.82, 2.24) is 29.7 Å². The summed E-state index contributed by atoms with van der Waals surface area (Å²) in [7, 11) is 0. The number of benzene rings is 1. The molecule has 0 amide bonds. The summed E-state index contributed by atoms with van der Waals surface area (Å²) in [6, 6.07) is 10.9. The molecule has 0 aliphatic carbocycles. The second-order valence-electron chi connectivity index (χ2n) is 6.92. The molecule has 7 nitrogen and oxygen atoms in total. The Balaban J connectivity index is 1.32. The molecule has 1 fully saturated rings. The maximum Gasteiger partial charge on any atom is 0.111 e. The van der Waals surface area contributed by atoms with Crippen molar-refractivity contribution in [2.24, 2.45) is 0 Å². The third kappa shape index (κ3) is 3.68. The molecule has 1 atom stereocenters. The van der Waals surface area contributed by atoms with Gasteiger partial charge in [-0.3, -0.25) is 4.90 Å². The summed E-state index contributed by atoms with van der Waals surface area (Å²) in [6.45, 7) is 4.75. The van der Waals surface area contributed by atoms with Crippen LogP contribution in [0.25, 0.3) is 5.69 Å². The SMILES string of the molecule is CC(O)c1cn(C2CCN(Cc3ccc(-n4cccn4)cc3)CC2)nn1. The van der Waals surface area contributed by atoms with E-state index >= 15 is 0 Å². The van der Waals surface area contributed by atoms with E-state index in [4.69, 9.17) is 0 Å². The fraction of sp³-hybridized carbons (Fsp3) is 0.421. The standard InChI is InChI=1S/C19H24N6O/c1-15(26)19-14-25(22-21-19)18-7-11-23(12-8-18)13-16-3-5-17(6-4-16)24-10-2-9-20-24/h2-6,9-10,14-15,18,26H,7-8,11-13H2,1H3. The summed E-state index contributed by atoms with van der Waals surface area (Å²) in [5.74, 6) is 0. The van der Waals surface area contributed by atoms with Crippen LogP contribution in [0.4, 0.5) is 0 Å². The Kier molecular flexibility index (Phi) is 4.81. The highest BCUT2D eigenvalue weighted by atomic mass is 16.3. The molecule has 1 aliphatic heterocycles. The minimum Gasteiger partial charge on any atom is -0.387 e. The fourth-order valence-electron chi connectivity index (χ4n) is 3.44. The molecular formula is C19H24N6O. The summed E-state index contributed by atoms with van der Waals surface area (Å²) < 4.78 is 3.78.